The van der Waals surface area contributed by atoms with Gasteiger partial charge in [-0.05, 0) is 25.3 Å². The molecule has 1 nitrogen and oxygen atoms in total. The maximum absolute atomic E-state index is 10.2. The van der Waals surface area contributed by atoms with Crippen molar-refractivity contribution < 1.29 is 5.11 Å². The van der Waals surface area contributed by atoms with Gasteiger partial charge in [-0.25, -0.2) is 0 Å². The number of allylic oxidation sites excluding steroid dienone is 2. The van der Waals surface area contributed by atoms with Crippen LogP contribution in [0.3, 0.4) is 0 Å². The normalized spacial score (nSPS) is 13.6. The van der Waals surface area contributed by atoms with E-state index in [2.05, 4.69) is 45.9 Å². The first kappa shape index (κ1) is 12.8. The summed E-state index contributed by atoms with van der Waals surface area (Å²) in [5, 5.41) is 10.2. The maximum Gasteiger partial charge on any atom is 0.122 e. The molecule has 0 aliphatic heterocycles. The lowest BCUT2D eigenvalue weighted by atomic mass is 9.91. The SMILES string of the molecule is C/C=C/C(C)c1cc(C)cc(C(C)C)c1O. The van der Waals surface area contributed by atoms with Crippen LogP contribution in [0, 0.1) is 6.92 Å². The predicted octanol–water partition coefficient (Wildman–Crippen LogP) is 4.50. The Hall–Kier alpha value is -1.24. The molecule has 0 bridgehead atoms. The number of phenolic OH excluding ortho intramolecular Hbond substituents is 1. The third kappa shape index (κ3) is 2.66. The van der Waals surface area contributed by atoms with Gasteiger partial charge in [0.1, 0.15) is 5.75 Å². The quantitative estimate of drug-likeness (QED) is 0.740. The smallest absolute Gasteiger partial charge is 0.122 e. The average Bonchev–Trinajstić information content (AvgIpc) is 2.20. The molecular weight excluding hydrogens is 196 g/mol. The van der Waals surface area contributed by atoms with Crippen molar-refractivity contribution in [2.75, 3.05) is 0 Å². The number of hydrogen-bond donors (Lipinski definition) is 1. The molecule has 88 valence electrons. The van der Waals surface area contributed by atoms with Crippen LogP contribution in [0.2, 0.25) is 0 Å². The van der Waals surface area contributed by atoms with E-state index in [4.69, 9.17) is 0 Å². The van der Waals surface area contributed by atoms with Crippen LogP contribution in [-0.2, 0) is 0 Å². The van der Waals surface area contributed by atoms with Crippen molar-refractivity contribution in [1.82, 2.24) is 0 Å². The first-order valence-corrected chi connectivity index (χ1v) is 5.93. The molecule has 1 unspecified atom stereocenters. The zero-order valence-electron chi connectivity index (χ0n) is 10.9. The number of phenols is 1. The number of rotatable bonds is 3. The molecule has 0 saturated heterocycles. The molecule has 1 aromatic rings. The highest BCUT2D eigenvalue weighted by atomic mass is 16.3. The lowest BCUT2D eigenvalue weighted by molar-refractivity contribution is 0.456. The van der Waals surface area contributed by atoms with Gasteiger partial charge >= 0.3 is 0 Å². The molecule has 1 rings (SSSR count). The molecule has 0 aliphatic carbocycles. The first-order chi connectivity index (χ1) is 7.47. The van der Waals surface area contributed by atoms with Crippen molar-refractivity contribution in [3.8, 4) is 5.75 Å². The standard InChI is InChI=1S/C15H22O/c1-6-7-12(5)14-9-11(4)8-13(10(2)3)15(14)16/h6-10,12,16H,1-5H3/b7-6+. The summed E-state index contributed by atoms with van der Waals surface area (Å²) in [6.45, 7) is 10.4. The molecule has 1 heteroatoms. The molecule has 0 amide bonds. The van der Waals surface area contributed by atoms with E-state index in [1.54, 1.807) is 0 Å². The van der Waals surface area contributed by atoms with Crippen molar-refractivity contribution in [2.45, 2.75) is 46.5 Å². The number of hydrogen-bond acceptors (Lipinski definition) is 1. The van der Waals surface area contributed by atoms with Crippen LogP contribution in [-0.4, -0.2) is 5.11 Å². The van der Waals surface area contributed by atoms with E-state index >= 15 is 0 Å². The monoisotopic (exact) mass is 218 g/mol. The summed E-state index contributed by atoms with van der Waals surface area (Å²) >= 11 is 0. The van der Waals surface area contributed by atoms with E-state index in [-0.39, 0.29) is 5.92 Å². The van der Waals surface area contributed by atoms with Gasteiger partial charge < -0.3 is 5.11 Å². The molecule has 16 heavy (non-hydrogen) atoms. The molecule has 0 aromatic heterocycles. The van der Waals surface area contributed by atoms with E-state index in [1.165, 1.54) is 5.56 Å². The van der Waals surface area contributed by atoms with Crippen molar-refractivity contribution in [3.63, 3.8) is 0 Å². The highest BCUT2D eigenvalue weighted by Crippen LogP contribution is 2.35. The highest BCUT2D eigenvalue weighted by Gasteiger charge is 2.14. The van der Waals surface area contributed by atoms with Crippen LogP contribution in [0.5, 0.6) is 5.75 Å². The van der Waals surface area contributed by atoms with Crippen molar-refractivity contribution in [1.29, 1.82) is 0 Å². The van der Waals surface area contributed by atoms with Gasteiger partial charge in [0.15, 0.2) is 0 Å². The van der Waals surface area contributed by atoms with Gasteiger partial charge in [-0.1, -0.05) is 50.6 Å². The highest BCUT2D eigenvalue weighted by molar-refractivity contribution is 5.47. The van der Waals surface area contributed by atoms with Crippen molar-refractivity contribution >= 4 is 0 Å². The largest absolute Gasteiger partial charge is 0.507 e. The fourth-order valence-corrected chi connectivity index (χ4v) is 2.02. The van der Waals surface area contributed by atoms with Crippen molar-refractivity contribution in [2.24, 2.45) is 0 Å². The van der Waals surface area contributed by atoms with E-state index in [9.17, 15) is 5.11 Å². The minimum absolute atomic E-state index is 0.266. The number of aromatic hydroxyl groups is 1. The number of aryl methyl sites for hydroxylation is 1. The van der Waals surface area contributed by atoms with Gasteiger partial charge in [0.25, 0.3) is 0 Å². The third-order valence-corrected chi connectivity index (χ3v) is 2.91. The van der Waals surface area contributed by atoms with Crippen molar-refractivity contribution in [3.05, 3.63) is 41.0 Å². The Labute approximate surface area is 98.8 Å². The van der Waals surface area contributed by atoms with E-state index in [0.29, 0.717) is 11.7 Å². The average molecular weight is 218 g/mol. The molecule has 0 saturated carbocycles. The second-order valence-corrected chi connectivity index (χ2v) is 4.76. The molecule has 0 aliphatic rings. The van der Waals surface area contributed by atoms with Gasteiger partial charge in [0.2, 0.25) is 0 Å². The Bertz CT molecular complexity index is 389. The van der Waals surface area contributed by atoms with Crippen LogP contribution in [0.1, 0.15) is 56.2 Å². The van der Waals surface area contributed by atoms with Gasteiger partial charge in [0.05, 0.1) is 0 Å². The molecule has 1 aromatic carbocycles. The molecule has 1 atom stereocenters. The van der Waals surface area contributed by atoms with Gasteiger partial charge in [0, 0.05) is 11.5 Å². The fourth-order valence-electron chi connectivity index (χ4n) is 2.02. The minimum Gasteiger partial charge on any atom is -0.507 e. The van der Waals surface area contributed by atoms with Crippen LogP contribution in [0.15, 0.2) is 24.3 Å². The van der Waals surface area contributed by atoms with E-state index < -0.39 is 0 Å². The van der Waals surface area contributed by atoms with Crippen LogP contribution < -0.4 is 0 Å². The maximum atomic E-state index is 10.2. The Morgan fingerprint density at radius 3 is 2.19 bits per heavy atom. The topological polar surface area (TPSA) is 20.2 Å². The molecule has 0 spiro atoms. The van der Waals surface area contributed by atoms with Crippen LogP contribution in [0.4, 0.5) is 0 Å². The molecule has 0 heterocycles. The van der Waals surface area contributed by atoms with Crippen LogP contribution >= 0.6 is 0 Å². The summed E-state index contributed by atoms with van der Waals surface area (Å²) in [5.74, 6) is 1.09. The summed E-state index contributed by atoms with van der Waals surface area (Å²) in [7, 11) is 0. The minimum atomic E-state index is 0.266. The zero-order chi connectivity index (χ0) is 12.3. The summed E-state index contributed by atoms with van der Waals surface area (Å²) in [4.78, 5) is 0. The second-order valence-electron chi connectivity index (χ2n) is 4.76. The molecule has 0 fully saturated rings. The molecule has 1 N–H and O–H groups in total. The summed E-state index contributed by atoms with van der Waals surface area (Å²) in [6.07, 6.45) is 4.14. The Kier molecular flexibility index (Phi) is 4.17. The Morgan fingerprint density at radius 2 is 1.69 bits per heavy atom. The predicted molar refractivity (Wildman–Crippen MR) is 70.2 cm³/mol. The second kappa shape index (κ2) is 5.20. The number of benzene rings is 1. The summed E-state index contributed by atoms with van der Waals surface area (Å²) in [5.41, 5.74) is 3.29. The van der Waals surface area contributed by atoms with E-state index in [1.807, 2.05) is 13.0 Å². The Morgan fingerprint density at radius 1 is 1.12 bits per heavy atom. The third-order valence-electron chi connectivity index (χ3n) is 2.91. The zero-order valence-corrected chi connectivity index (χ0v) is 10.9. The first-order valence-electron chi connectivity index (χ1n) is 5.93. The van der Waals surface area contributed by atoms with Gasteiger partial charge in [-0.3, -0.25) is 0 Å². The summed E-state index contributed by atoms with van der Waals surface area (Å²) in [6, 6.07) is 4.15. The fraction of sp³-hybridized carbons (Fsp3) is 0.467. The summed E-state index contributed by atoms with van der Waals surface area (Å²) < 4.78 is 0. The lowest BCUT2D eigenvalue weighted by Crippen LogP contribution is -1.97. The molecular formula is C15H22O. The molecule has 0 radical (unpaired) electrons. The van der Waals surface area contributed by atoms with Gasteiger partial charge in [-0.2, -0.15) is 0 Å². The van der Waals surface area contributed by atoms with Gasteiger partial charge in [-0.15, -0.1) is 0 Å². The Balaban J connectivity index is 3.29. The lowest BCUT2D eigenvalue weighted by Gasteiger charge is -2.16. The van der Waals surface area contributed by atoms with E-state index in [0.717, 1.165) is 11.1 Å². The van der Waals surface area contributed by atoms with Crippen LogP contribution in [0.25, 0.3) is 0 Å².